The number of rotatable bonds is 6. The molecule has 1 aromatic rings. The Hall–Kier alpha value is -1.39. The summed E-state index contributed by atoms with van der Waals surface area (Å²) in [6.07, 6.45) is 0.721. The fourth-order valence-electron chi connectivity index (χ4n) is 1.56. The van der Waals surface area contributed by atoms with Gasteiger partial charge in [0.05, 0.1) is 12.0 Å². The second kappa shape index (κ2) is 6.52. The minimum atomic E-state index is -0.495. The van der Waals surface area contributed by atoms with Crippen LogP contribution in [0.4, 0.5) is 0 Å². The van der Waals surface area contributed by atoms with Gasteiger partial charge in [0.1, 0.15) is 0 Å². The summed E-state index contributed by atoms with van der Waals surface area (Å²) >= 11 is 0. The standard InChI is InChI=1S/C14H22N2O2/c1-3-14(2,10-15)13(18)16-8-11-4-6-12(9-17)7-5-11/h4-7,17H,3,8-10,15H2,1-2H3,(H,16,18). The fraction of sp³-hybridized carbons (Fsp3) is 0.500. The van der Waals surface area contributed by atoms with Crippen molar-refractivity contribution in [3.8, 4) is 0 Å². The van der Waals surface area contributed by atoms with Crippen LogP contribution in [-0.2, 0) is 17.9 Å². The first kappa shape index (κ1) is 14.7. The molecule has 1 atom stereocenters. The highest BCUT2D eigenvalue weighted by Gasteiger charge is 2.29. The molecule has 1 aromatic carbocycles. The van der Waals surface area contributed by atoms with Crippen molar-refractivity contribution in [3.63, 3.8) is 0 Å². The Labute approximate surface area is 108 Å². The lowest BCUT2D eigenvalue weighted by Gasteiger charge is -2.24. The lowest BCUT2D eigenvalue weighted by molar-refractivity contribution is -0.130. The van der Waals surface area contributed by atoms with E-state index < -0.39 is 5.41 Å². The van der Waals surface area contributed by atoms with Crippen molar-refractivity contribution in [3.05, 3.63) is 35.4 Å². The van der Waals surface area contributed by atoms with Crippen LogP contribution < -0.4 is 11.1 Å². The predicted octanol–water partition coefficient (Wildman–Crippen LogP) is 1.17. The number of benzene rings is 1. The molecule has 0 saturated heterocycles. The van der Waals surface area contributed by atoms with E-state index in [1.54, 1.807) is 0 Å². The summed E-state index contributed by atoms with van der Waals surface area (Å²) in [4.78, 5) is 12.0. The third kappa shape index (κ3) is 3.55. The monoisotopic (exact) mass is 250 g/mol. The Morgan fingerprint density at radius 1 is 1.33 bits per heavy atom. The van der Waals surface area contributed by atoms with E-state index in [2.05, 4.69) is 5.32 Å². The van der Waals surface area contributed by atoms with E-state index in [0.717, 1.165) is 17.5 Å². The van der Waals surface area contributed by atoms with Gasteiger partial charge in [-0.1, -0.05) is 31.2 Å². The average molecular weight is 250 g/mol. The van der Waals surface area contributed by atoms with Crippen molar-refractivity contribution in [2.75, 3.05) is 6.54 Å². The molecule has 18 heavy (non-hydrogen) atoms. The molecule has 0 radical (unpaired) electrons. The molecule has 0 aromatic heterocycles. The molecule has 1 rings (SSSR count). The molecule has 4 nitrogen and oxygen atoms in total. The van der Waals surface area contributed by atoms with Gasteiger partial charge in [-0.05, 0) is 24.5 Å². The van der Waals surface area contributed by atoms with Crippen LogP contribution in [0.15, 0.2) is 24.3 Å². The van der Waals surface area contributed by atoms with Crippen LogP contribution in [0.5, 0.6) is 0 Å². The molecule has 0 bridgehead atoms. The van der Waals surface area contributed by atoms with Gasteiger partial charge in [-0.25, -0.2) is 0 Å². The molecule has 0 aliphatic heterocycles. The van der Waals surface area contributed by atoms with Gasteiger partial charge in [0.2, 0.25) is 5.91 Å². The maximum Gasteiger partial charge on any atom is 0.227 e. The number of hydrogen-bond acceptors (Lipinski definition) is 3. The van der Waals surface area contributed by atoms with Crippen LogP contribution in [0.25, 0.3) is 0 Å². The van der Waals surface area contributed by atoms with Crippen molar-refractivity contribution in [2.45, 2.75) is 33.4 Å². The summed E-state index contributed by atoms with van der Waals surface area (Å²) < 4.78 is 0. The molecule has 4 heteroatoms. The smallest absolute Gasteiger partial charge is 0.227 e. The Bertz CT molecular complexity index is 383. The predicted molar refractivity (Wildman–Crippen MR) is 71.7 cm³/mol. The average Bonchev–Trinajstić information content (AvgIpc) is 2.44. The number of amides is 1. The second-order valence-electron chi connectivity index (χ2n) is 4.78. The Morgan fingerprint density at radius 2 is 1.89 bits per heavy atom. The van der Waals surface area contributed by atoms with Crippen molar-refractivity contribution in [1.29, 1.82) is 0 Å². The molecule has 100 valence electrons. The third-order valence-corrected chi connectivity index (χ3v) is 3.44. The topological polar surface area (TPSA) is 75.4 Å². The van der Waals surface area contributed by atoms with E-state index >= 15 is 0 Å². The highest BCUT2D eigenvalue weighted by molar-refractivity contribution is 5.82. The summed E-state index contributed by atoms with van der Waals surface area (Å²) in [5.41, 5.74) is 7.02. The van der Waals surface area contributed by atoms with Crippen LogP contribution in [0.3, 0.4) is 0 Å². The Balaban J connectivity index is 2.56. The van der Waals surface area contributed by atoms with Crippen LogP contribution in [0.2, 0.25) is 0 Å². The molecule has 0 aliphatic carbocycles. The lowest BCUT2D eigenvalue weighted by atomic mass is 9.86. The molecule has 0 heterocycles. The zero-order chi connectivity index (χ0) is 13.6. The van der Waals surface area contributed by atoms with Crippen molar-refractivity contribution >= 4 is 5.91 Å². The highest BCUT2D eigenvalue weighted by Crippen LogP contribution is 2.19. The van der Waals surface area contributed by atoms with Crippen molar-refractivity contribution in [2.24, 2.45) is 11.1 Å². The summed E-state index contributed by atoms with van der Waals surface area (Å²) in [7, 11) is 0. The van der Waals surface area contributed by atoms with Gasteiger partial charge in [0, 0.05) is 13.1 Å². The van der Waals surface area contributed by atoms with Crippen molar-refractivity contribution < 1.29 is 9.90 Å². The highest BCUT2D eigenvalue weighted by atomic mass is 16.3. The van der Waals surface area contributed by atoms with E-state index in [1.165, 1.54) is 0 Å². The number of aliphatic hydroxyl groups excluding tert-OH is 1. The number of nitrogens with two attached hydrogens (primary N) is 1. The summed E-state index contributed by atoms with van der Waals surface area (Å²) in [6, 6.07) is 7.50. The second-order valence-corrected chi connectivity index (χ2v) is 4.78. The number of nitrogens with one attached hydrogen (secondary N) is 1. The minimum Gasteiger partial charge on any atom is -0.392 e. The zero-order valence-electron chi connectivity index (χ0n) is 11.1. The molecular weight excluding hydrogens is 228 g/mol. The van der Waals surface area contributed by atoms with E-state index in [1.807, 2.05) is 38.1 Å². The molecule has 0 saturated carbocycles. The number of aliphatic hydroxyl groups is 1. The van der Waals surface area contributed by atoms with E-state index in [-0.39, 0.29) is 12.5 Å². The lowest BCUT2D eigenvalue weighted by Crippen LogP contribution is -2.43. The molecule has 1 unspecified atom stereocenters. The quantitative estimate of drug-likeness (QED) is 0.709. The third-order valence-electron chi connectivity index (χ3n) is 3.44. The summed E-state index contributed by atoms with van der Waals surface area (Å²) in [5.74, 6) is -0.0151. The van der Waals surface area contributed by atoms with Gasteiger partial charge < -0.3 is 16.2 Å². The molecule has 4 N–H and O–H groups in total. The van der Waals surface area contributed by atoms with Crippen LogP contribution in [0.1, 0.15) is 31.4 Å². The van der Waals surface area contributed by atoms with E-state index in [0.29, 0.717) is 13.1 Å². The Morgan fingerprint density at radius 3 is 2.33 bits per heavy atom. The fourth-order valence-corrected chi connectivity index (χ4v) is 1.56. The van der Waals surface area contributed by atoms with Gasteiger partial charge in [0.15, 0.2) is 0 Å². The van der Waals surface area contributed by atoms with Gasteiger partial charge in [-0.3, -0.25) is 4.79 Å². The van der Waals surface area contributed by atoms with Gasteiger partial charge >= 0.3 is 0 Å². The maximum absolute atomic E-state index is 12.0. The number of carbonyl (C=O) groups excluding carboxylic acids is 1. The molecular formula is C14H22N2O2. The van der Waals surface area contributed by atoms with E-state index in [4.69, 9.17) is 10.8 Å². The normalized spacial score (nSPS) is 14.0. The summed E-state index contributed by atoms with van der Waals surface area (Å²) in [6.45, 7) is 4.70. The first-order chi connectivity index (χ1) is 8.55. The SMILES string of the molecule is CCC(C)(CN)C(=O)NCc1ccc(CO)cc1. The zero-order valence-corrected chi connectivity index (χ0v) is 11.1. The number of carbonyl (C=O) groups is 1. The first-order valence-electron chi connectivity index (χ1n) is 6.22. The number of hydrogen-bond donors (Lipinski definition) is 3. The van der Waals surface area contributed by atoms with Crippen LogP contribution in [0, 0.1) is 5.41 Å². The van der Waals surface area contributed by atoms with Crippen LogP contribution >= 0.6 is 0 Å². The molecule has 0 aliphatic rings. The largest absolute Gasteiger partial charge is 0.392 e. The van der Waals surface area contributed by atoms with Gasteiger partial charge in [0.25, 0.3) is 0 Å². The Kier molecular flexibility index (Phi) is 5.31. The van der Waals surface area contributed by atoms with E-state index in [9.17, 15) is 4.79 Å². The molecule has 0 fully saturated rings. The van der Waals surface area contributed by atoms with Crippen LogP contribution in [-0.4, -0.2) is 17.6 Å². The maximum atomic E-state index is 12.0. The minimum absolute atomic E-state index is 0.0151. The van der Waals surface area contributed by atoms with Gasteiger partial charge in [-0.2, -0.15) is 0 Å². The summed E-state index contributed by atoms with van der Waals surface area (Å²) in [5, 5.41) is 11.8. The van der Waals surface area contributed by atoms with Crippen molar-refractivity contribution in [1.82, 2.24) is 5.32 Å². The molecule has 0 spiro atoms. The first-order valence-corrected chi connectivity index (χ1v) is 6.22. The van der Waals surface area contributed by atoms with Gasteiger partial charge in [-0.15, -0.1) is 0 Å². The molecule has 1 amide bonds.